The van der Waals surface area contributed by atoms with Gasteiger partial charge in [-0.15, -0.1) is 0 Å². The second-order valence-electron chi connectivity index (χ2n) is 6.20. The Morgan fingerprint density at radius 2 is 1.75 bits per heavy atom. The van der Waals surface area contributed by atoms with E-state index in [1.807, 2.05) is 11.9 Å². The van der Waals surface area contributed by atoms with E-state index in [1.54, 1.807) is 0 Å². The van der Waals surface area contributed by atoms with Gasteiger partial charge >= 0.3 is 6.18 Å². The number of nitrogens with zero attached hydrogens (tertiary/aromatic N) is 1. The fourth-order valence-electron chi connectivity index (χ4n) is 2.06. The van der Waals surface area contributed by atoms with Crippen molar-refractivity contribution in [2.75, 3.05) is 11.9 Å². The van der Waals surface area contributed by atoms with Crippen LogP contribution in [0.1, 0.15) is 38.8 Å². The summed E-state index contributed by atoms with van der Waals surface area (Å²) in [5, 5.41) is 0. The van der Waals surface area contributed by atoms with E-state index in [2.05, 4.69) is 27.7 Å². The van der Waals surface area contributed by atoms with Crippen LogP contribution in [0.5, 0.6) is 0 Å². The van der Waals surface area contributed by atoms with Crippen molar-refractivity contribution in [3.05, 3.63) is 29.3 Å². The molecule has 0 heterocycles. The van der Waals surface area contributed by atoms with Gasteiger partial charge in [-0.2, -0.15) is 13.2 Å². The summed E-state index contributed by atoms with van der Waals surface area (Å²) in [5.74, 6) is 0. The van der Waals surface area contributed by atoms with E-state index >= 15 is 0 Å². The molecule has 0 radical (unpaired) electrons. The minimum atomic E-state index is -4.34. The molecule has 0 aliphatic rings. The van der Waals surface area contributed by atoms with Crippen LogP contribution in [0.15, 0.2) is 18.2 Å². The number of halogens is 3. The second-order valence-corrected chi connectivity index (χ2v) is 6.20. The van der Waals surface area contributed by atoms with E-state index in [9.17, 15) is 13.2 Å². The van der Waals surface area contributed by atoms with Crippen LogP contribution in [-0.4, -0.2) is 13.1 Å². The Kier molecular flexibility index (Phi) is 4.74. The topological polar surface area (TPSA) is 29.3 Å². The minimum absolute atomic E-state index is 0.0172. The maximum atomic E-state index is 12.7. The molecule has 0 saturated heterocycles. The Labute approximate surface area is 118 Å². The molecule has 0 aliphatic heterocycles. The highest BCUT2D eigenvalue weighted by atomic mass is 19.4. The van der Waals surface area contributed by atoms with Gasteiger partial charge in [0.15, 0.2) is 0 Å². The van der Waals surface area contributed by atoms with Crippen LogP contribution in [0, 0.1) is 5.41 Å². The van der Waals surface area contributed by atoms with Crippen LogP contribution in [-0.2, 0) is 12.7 Å². The molecule has 2 nitrogen and oxygen atoms in total. The Balaban J connectivity index is 3.20. The fraction of sp³-hybridized carbons (Fsp3) is 0.600. The van der Waals surface area contributed by atoms with Crippen molar-refractivity contribution in [2.45, 2.75) is 46.5 Å². The van der Waals surface area contributed by atoms with Crippen molar-refractivity contribution >= 4 is 5.69 Å². The average molecular weight is 288 g/mol. The Morgan fingerprint density at radius 3 is 2.15 bits per heavy atom. The number of anilines is 1. The van der Waals surface area contributed by atoms with Gasteiger partial charge in [0.05, 0.1) is 5.56 Å². The molecular weight excluding hydrogens is 265 g/mol. The Morgan fingerprint density at radius 1 is 1.20 bits per heavy atom. The zero-order valence-corrected chi connectivity index (χ0v) is 12.7. The summed E-state index contributed by atoms with van der Waals surface area (Å²) in [4.78, 5) is 1.99. The van der Waals surface area contributed by atoms with Gasteiger partial charge in [-0.1, -0.05) is 20.8 Å². The van der Waals surface area contributed by atoms with Crippen molar-refractivity contribution < 1.29 is 13.2 Å². The van der Waals surface area contributed by atoms with Crippen LogP contribution in [0.4, 0.5) is 18.9 Å². The van der Waals surface area contributed by atoms with Gasteiger partial charge in [-0.3, -0.25) is 0 Å². The summed E-state index contributed by atoms with van der Waals surface area (Å²) in [7, 11) is 1.89. The molecule has 0 saturated carbocycles. The smallest absolute Gasteiger partial charge is 0.371 e. The molecule has 0 spiro atoms. The monoisotopic (exact) mass is 288 g/mol. The van der Waals surface area contributed by atoms with Crippen molar-refractivity contribution in [1.29, 1.82) is 0 Å². The number of benzene rings is 1. The molecule has 1 atom stereocenters. The normalized spacial score (nSPS) is 14.2. The lowest BCUT2D eigenvalue weighted by Crippen LogP contribution is -2.40. The van der Waals surface area contributed by atoms with Gasteiger partial charge in [0.25, 0.3) is 0 Å². The zero-order chi connectivity index (χ0) is 15.7. The van der Waals surface area contributed by atoms with E-state index < -0.39 is 11.7 Å². The highest BCUT2D eigenvalue weighted by Gasteiger charge is 2.32. The van der Waals surface area contributed by atoms with Gasteiger partial charge in [-0.25, -0.2) is 0 Å². The largest absolute Gasteiger partial charge is 0.416 e. The van der Waals surface area contributed by atoms with E-state index in [4.69, 9.17) is 5.73 Å². The first kappa shape index (κ1) is 16.8. The molecule has 0 amide bonds. The van der Waals surface area contributed by atoms with Gasteiger partial charge in [-0.05, 0) is 36.1 Å². The molecule has 20 heavy (non-hydrogen) atoms. The van der Waals surface area contributed by atoms with Crippen LogP contribution in [0.3, 0.4) is 0 Å². The van der Waals surface area contributed by atoms with Gasteiger partial charge < -0.3 is 10.6 Å². The quantitative estimate of drug-likeness (QED) is 0.909. The molecule has 0 fully saturated rings. The lowest BCUT2D eigenvalue weighted by Gasteiger charge is -2.38. The SMILES string of the molecule is CC(N(C)c1ccc(C(F)(F)F)cc1CN)C(C)(C)C. The molecule has 1 aromatic rings. The first-order chi connectivity index (χ1) is 8.98. The molecule has 1 rings (SSSR count). The lowest BCUT2D eigenvalue weighted by molar-refractivity contribution is -0.137. The number of hydrogen-bond donors (Lipinski definition) is 1. The molecule has 1 aromatic carbocycles. The minimum Gasteiger partial charge on any atom is -0.371 e. The van der Waals surface area contributed by atoms with Crippen LogP contribution >= 0.6 is 0 Å². The van der Waals surface area contributed by atoms with E-state index in [0.717, 1.165) is 17.8 Å². The molecule has 0 aliphatic carbocycles. The highest BCUT2D eigenvalue weighted by Crippen LogP contribution is 2.34. The summed E-state index contributed by atoms with van der Waals surface area (Å²) in [6.45, 7) is 8.43. The number of rotatable bonds is 3. The second kappa shape index (κ2) is 5.64. The fourth-order valence-corrected chi connectivity index (χ4v) is 2.06. The lowest BCUT2D eigenvalue weighted by atomic mass is 9.86. The van der Waals surface area contributed by atoms with Crippen LogP contribution < -0.4 is 10.6 Å². The molecule has 0 aromatic heterocycles. The molecule has 0 bridgehead atoms. The zero-order valence-electron chi connectivity index (χ0n) is 12.7. The van der Waals surface area contributed by atoms with Crippen molar-refractivity contribution in [1.82, 2.24) is 0 Å². The highest BCUT2D eigenvalue weighted by molar-refractivity contribution is 5.55. The van der Waals surface area contributed by atoms with E-state index in [0.29, 0.717) is 5.56 Å². The summed E-state index contributed by atoms with van der Waals surface area (Å²) < 4.78 is 38.2. The predicted molar refractivity (Wildman–Crippen MR) is 76.7 cm³/mol. The maximum absolute atomic E-state index is 12.7. The van der Waals surface area contributed by atoms with Gasteiger partial charge in [0.1, 0.15) is 0 Å². The van der Waals surface area contributed by atoms with Gasteiger partial charge in [0, 0.05) is 25.3 Å². The Bertz CT molecular complexity index is 461. The molecule has 114 valence electrons. The average Bonchev–Trinajstić information content (AvgIpc) is 2.34. The van der Waals surface area contributed by atoms with Crippen molar-refractivity contribution in [3.63, 3.8) is 0 Å². The maximum Gasteiger partial charge on any atom is 0.416 e. The standard InChI is InChI=1S/C15H23F3N2/c1-10(14(2,3)4)20(5)13-7-6-12(15(16,17)18)8-11(13)9-19/h6-8,10H,9,19H2,1-5H3. The van der Waals surface area contributed by atoms with E-state index in [1.165, 1.54) is 6.07 Å². The third-order valence-corrected chi connectivity index (χ3v) is 3.84. The predicted octanol–water partition coefficient (Wildman–Crippen LogP) is 4.03. The molecule has 1 unspecified atom stereocenters. The van der Waals surface area contributed by atoms with Crippen molar-refractivity contribution in [2.24, 2.45) is 11.1 Å². The first-order valence-electron chi connectivity index (χ1n) is 6.61. The molecular formula is C15H23F3N2. The first-order valence-corrected chi connectivity index (χ1v) is 6.61. The molecule has 2 N–H and O–H groups in total. The number of hydrogen-bond acceptors (Lipinski definition) is 2. The molecule has 5 heteroatoms. The third-order valence-electron chi connectivity index (χ3n) is 3.84. The van der Waals surface area contributed by atoms with Crippen LogP contribution in [0.25, 0.3) is 0 Å². The summed E-state index contributed by atoms with van der Waals surface area (Å²) in [6.07, 6.45) is -4.34. The van der Waals surface area contributed by atoms with Crippen LogP contribution in [0.2, 0.25) is 0 Å². The van der Waals surface area contributed by atoms with Gasteiger partial charge in [0.2, 0.25) is 0 Å². The third kappa shape index (κ3) is 3.66. The van der Waals surface area contributed by atoms with E-state index in [-0.39, 0.29) is 18.0 Å². The van der Waals surface area contributed by atoms with Crippen molar-refractivity contribution in [3.8, 4) is 0 Å². The Hall–Kier alpha value is -1.23. The summed E-state index contributed by atoms with van der Waals surface area (Å²) in [6, 6.07) is 3.93. The number of alkyl halides is 3. The summed E-state index contributed by atoms with van der Waals surface area (Å²) in [5.41, 5.74) is 6.24. The summed E-state index contributed by atoms with van der Waals surface area (Å²) >= 11 is 0. The number of nitrogens with two attached hydrogens (primary N) is 1.